The largest absolute Gasteiger partial charge is 0.389 e. The molecule has 0 aromatic heterocycles. The van der Waals surface area contributed by atoms with Crippen LogP contribution in [-0.2, 0) is 4.74 Å². The molecule has 0 aliphatic rings. The van der Waals surface area contributed by atoms with Crippen molar-refractivity contribution < 1.29 is 9.84 Å². The lowest BCUT2D eigenvalue weighted by atomic mass is 9.98. The monoisotopic (exact) mass is 215 g/mol. The Labute approximate surface area is 93.5 Å². The maximum Gasteiger partial charge on any atom is 0.0766 e. The van der Waals surface area contributed by atoms with Crippen LogP contribution >= 0.6 is 0 Å². The Morgan fingerprint density at radius 2 is 2.00 bits per heavy atom. The average Bonchev–Trinajstić information content (AvgIpc) is 2.27. The van der Waals surface area contributed by atoms with Crippen molar-refractivity contribution in [1.82, 2.24) is 5.32 Å². The van der Waals surface area contributed by atoms with Crippen LogP contribution in [0.25, 0.3) is 0 Å². The molecule has 2 N–H and O–H groups in total. The van der Waals surface area contributed by atoms with E-state index in [1.54, 1.807) is 0 Å². The van der Waals surface area contributed by atoms with Crippen LogP contribution in [0.5, 0.6) is 0 Å². The third-order valence-electron chi connectivity index (χ3n) is 2.66. The van der Waals surface area contributed by atoms with Crippen LogP contribution in [-0.4, -0.2) is 37.0 Å². The first-order valence-electron chi connectivity index (χ1n) is 5.80. The fourth-order valence-corrected chi connectivity index (χ4v) is 1.23. The van der Waals surface area contributed by atoms with E-state index in [0.717, 1.165) is 32.4 Å². The number of ether oxygens (including phenoxy) is 1. The second-order valence-electron chi connectivity index (χ2n) is 3.80. The SMILES string of the molecule is C=CCCOCCNCC(O)(CC)CC. The van der Waals surface area contributed by atoms with Gasteiger partial charge in [-0.25, -0.2) is 0 Å². The summed E-state index contributed by atoms with van der Waals surface area (Å²) >= 11 is 0. The lowest BCUT2D eigenvalue weighted by Gasteiger charge is -2.25. The Kier molecular flexibility index (Phi) is 8.67. The van der Waals surface area contributed by atoms with Crippen molar-refractivity contribution in [1.29, 1.82) is 0 Å². The van der Waals surface area contributed by atoms with Gasteiger partial charge < -0.3 is 15.2 Å². The summed E-state index contributed by atoms with van der Waals surface area (Å²) in [5, 5.41) is 13.2. The lowest BCUT2D eigenvalue weighted by Crippen LogP contribution is -2.40. The van der Waals surface area contributed by atoms with Gasteiger partial charge in [-0.15, -0.1) is 6.58 Å². The smallest absolute Gasteiger partial charge is 0.0766 e. The molecule has 0 unspecified atom stereocenters. The van der Waals surface area contributed by atoms with Crippen LogP contribution in [0.4, 0.5) is 0 Å². The zero-order chi connectivity index (χ0) is 11.6. The van der Waals surface area contributed by atoms with Crippen LogP contribution in [0.2, 0.25) is 0 Å². The van der Waals surface area contributed by atoms with Gasteiger partial charge in [0.25, 0.3) is 0 Å². The number of rotatable bonds is 10. The molecule has 0 heterocycles. The topological polar surface area (TPSA) is 41.5 Å². The van der Waals surface area contributed by atoms with Crippen LogP contribution in [0.1, 0.15) is 33.1 Å². The van der Waals surface area contributed by atoms with Gasteiger partial charge in [0.2, 0.25) is 0 Å². The fourth-order valence-electron chi connectivity index (χ4n) is 1.23. The molecule has 0 aliphatic carbocycles. The maximum atomic E-state index is 9.95. The van der Waals surface area contributed by atoms with Gasteiger partial charge >= 0.3 is 0 Å². The molecule has 0 atom stereocenters. The van der Waals surface area contributed by atoms with E-state index >= 15 is 0 Å². The first kappa shape index (κ1) is 14.6. The predicted octanol–water partition coefficient (Wildman–Crippen LogP) is 1.72. The van der Waals surface area contributed by atoms with Crippen molar-refractivity contribution >= 4 is 0 Å². The minimum atomic E-state index is -0.554. The second-order valence-corrected chi connectivity index (χ2v) is 3.80. The first-order valence-corrected chi connectivity index (χ1v) is 5.80. The Hall–Kier alpha value is -0.380. The van der Waals surface area contributed by atoms with E-state index in [1.165, 1.54) is 0 Å². The van der Waals surface area contributed by atoms with Crippen molar-refractivity contribution in [3.8, 4) is 0 Å². The molecule has 0 aromatic carbocycles. The Bertz CT molecular complexity index is 156. The number of aliphatic hydroxyl groups is 1. The standard InChI is InChI=1S/C12H25NO2/c1-4-7-9-15-10-8-13-11-12(14,5-2)6-3/h4,13-14H,1,5-11H2,2-3H3. The zero-order valence-corrected chi connectivity index (χ0v) is 10.1. The minimum absolute atomic E-state index is 0.554. The predicted molar refractivity (Wildman–Crippen MR) is 64.0 cm³/mol. The molecule has 0 fully saturated rings. The molecule has 0 rings (SSSR count). The molecule has 0 aliphatic heterocycles. The van der Waals surface area contributed by atoms with Gasteiger partial charge in [0, 0.05) is 13.1 Å². The summed E-state index contributed by atoms with van der Waals surface area (Å²) in [6, 6.07) is 0. The zero-order valence-electron chi connectivity index (χ0n) is 10.1. The van der Waals surface area contributed by atoms with Gasteiger partial charge in [-0.1, -0.05) is 19.9 Å². The summed E-state index contributed by atoms with van der Waals surface area (Å²) in [6.45, 7) is 10.5. The molecule has 90 valence electrons. The number of hydrogen-bond acceptors (Lipinski definition) is 3. The quantitative estimate of drug-likeness (QED) is 0.431. The maximum absolute atomic E-state index is 9.95. The Morgan fingerprint density at radius 1 is 1.33 bits per heavy atom. The van der Waals surface area contributed by atoms with Crippen LogP contribution < -0.4 is 5.32 Å². The summed E-state index contributed by atoms with van der Waals surface area (Å²) in [5.41, 5.74) is -0.554. The second kappa shape index (κ2) is 8.89. The molecular weight excluding hydrogens is 190 g/mol. The van der Waals surface area contributed by atoms with Gasteiger partial charge in [0.1, 0.15) is 0 Å². The van der Waals surface area contributed by atoms with Gasteiger partial charge in [0.15, 0.2) is 0 Å². The first-order chi connectivity index (χ1) is 7.18. The Balaban J connectivity index is 3.33. The van der Waals surface area contributed by atoms with Crippen molar-refractivity contribution in [3.63, 3.8) is 0 Å². The summed E-state index contributed by atoms with van der Waals surface area (Å²) in [7, 11) is 0. The molecule has 0 bridgehead atoms. The van der Waals surface area contributed by atoms with E-state index in [0.29, 0.717) is 13.2 Å². The summed E-state index contributed by atoms with van der Waals surface area (Å²) in [5.74, 6) is 0. The van der Waals surface area contributed by atoms with E-state index in [4.69, 9.17) is 4.74 Å². The molecule has 3 nitrogen and oxygen atoms in total. The van der Waals surface area contributed by atoms with E-state index < -0.39 is 5.60 Å². The molecular formula is C12H25NO2. The number of hydrogen-bond donors (Lipinski definition) is 2. The highest BCUT2D eigenvalue weighted by Gasteiger charge is 2.20. The van der Waals surface area contributed by atoms with Gasteiger partial charge in [0.05, 0.1) is 18.8 Å². The van der Waals surface area contributed by atoms with Crippen molar-refractivity contribution in [2.75, 3.05) is 26.3 Å². The van der Waals surface area contributed by atoms with E-state index in [-0.39, 0.29) is 0 Å². The van der Waals surface area contributed by atoms with E-state index in [9.17, 15) is 5.11 Å². The minimum Gasteiger partial charge on any atom is -0.389 e. The van der Waals surface area contributed by atoms with Crippen LogP contribution in [0, 0.1) is 0 Å². The van der Waals surface area contributed by atoms with Crippen LogP contribution in [0.3, 0.4) is 0 Å². The van der Waals surface area contributed by atoms with E-state index in [2.05, 4.69) is 11.9 Å². The molecule has 0 amide bonds. The highest BCUT2D eigenvalue weighted by atomic mass is 16.5. The molecule has 0 saturated heterocycles. The average molecular weight is 215 g/mol. The normalized spacial score (nSPS) is 11.7. The summed E-state index contributed by atoms with van der Waals surface area (Å²) < 4.78 is 5.34. The van der Waals surface area contributed by atoms with Crippen molar-refractivity contribution in [3.05, 3.63) is 12.7 Å². The lowest BCUT2D eigenvalue weighted by molar-refractivity contribution is 0.0303. The molecule has 0 saturated carbocycles. The Morgan fingerprint density at radius 3 is 2.53 bits per heavy atom. The molecule has 0 radical (unpaired) electrons. The van der Waals surface area contributed by atoms with Crippen molar-refractivity contribution in [2.24, 2.45) is 0 Å². The van der Waals surface area contributed by atoms with Gasteiger partial charge in [-0.2, -0.15) is 0 Å². The fraction of sp³-hybridized carbons (Fsp3) is 0.833. The van der Waals surface area contributed by atoms with Crippen LogP contribution in [0.15, 0.2) is 12.7 Å². The molecule has 0 aromatic rings. The molecule has 15 heavy (non-hydrogen) atoms. The summed E-state index contributed by atoms with van der Waals surface area (Å²) in [4.78, 5) is 0. The third kappa shape index (κ3) is 7.54. The number of nitrogens with one attached hydrogen (secondary N) is 1. The highest BCUT2D eigenvalue weighted by Crippen LogP contribution is 2.12. The van der Waals surface area contributed by atoms with E-state index in [1.807, 2.05) is 19.9 Å². The van der Waals surface area contributed by atoms with Gasteiger partial charge in [-0.3, -0.25) is 0 Å². The highest BCUT2D eigenvalue weighted by molar-refractivity contribution is 4.77. The third-order valence-corrected chi connectivity index (χ3v) is 2.66. The van der Waals surface area contributed by atoms with Gasteiger partial charge in [-0.05, 0) is 19.3 Å². The molecule has 3 heteroatoms. The summed E-state index contributed by atoms with van der Waals surface area (Å²) in [6.07, 6.45) is 4.32. The van der Waals surface area contributed by atoms with Crippen molar-refractivity contribution in [2.45, 2.75) is 38.7 Å². The molecule has 0 spiro atoms.